The van der Waals surface area contributed by atoms with Crippen molar-refractivity contribution in [3.8, 4) is 5.75 Å². The molecule has 5 heteroatoms. The summed E-state index contributed by atoms with van der Waals surface area (Å²) in [6.45, 7) is 0. The van der Waals surface area contributed by atoms with Crippen LogP contribution in [0, 0.1) is 0 Å². The van der Waals surface area contributed by atoms with Crippen LogP contribution >= 0.6 is 0 Å². The van der Waals surface area contributed by atoms with Gasteiger partial charge in [-0.2, -0.15) is 0 Å². The quantitative estimate of drug-likeness (QED) is 0.167. The number of phenols is 1. The van der Waals surface area contributed by atoms with Gasteiger partial charge in [0, 0.05) is 33.7 Å². The van der Waals surface area contributed by atoms with Crippen molar-refractivity contribution in [1.82, 2.24) is 4.90 Å². The molecule has 2 amide bonds. The Morgan fingerprint density at radius 2 is 1.29 bits per heavy atom. The number of carbonyl (C=O) groups excluding carboxylic acids is 2. The Kier molecular flexibility index (Phi) is 5.25. The Bertz CT molecular complexity index is 1750. The standard InChI is InChI=1S/C33H26N2O3/c36-31-24-14-4-3-12-22(24)21-11-1-2-13-23(21)27(31)19-34-28-17-5-6-18-29(28)35-32(37)25-15-7-9-20-10-8-16-26(30(20)25)33(35)38/h1-4,7-16,19,28-29,36H,5-6,17-18H2/t28-,29-/m1/s1. The Morgan fingerprint density at radius 3 is 1.97 bits per heavy atom. The molecule has 1 heterocycles. The van der Waals surface area contributed by atoms with E-state index in [1.807, 2.05) is 78.9 Å². The van der Waals surface area contributed by atoms with E-state index in [2.05, 4.69) is 6.07 Å². The van der Waals surface area contributed by atoms with Crippen molar-refractivity contribution in [2.45, 2.75) is 37.8 Å². The number of carbonyl (C=O) groups is 2. The molecule has 0 aromatic heterocycles. The van der Waals surface area contributed by atoms with Crippen LogP contribution in [0.1, 0.15) is 52.0 Å². The number of aromatic hydroxyl groups is 1. The van der Waals surface area contributed by atoms with E-state index in [0.717, 1.165) is 51.6 Å². The van der Waals surface area contributed by atoms with E-state index in [4.69, 9.17) is 4.99 Å². The molecule has 1 fully saturated rings. The Labute approximate surface area is 220 Å². The van der Waals surface area contributed by atoms with Gasteiger partial charge in [-0.1, -0.05) is 85.6 Å². The first-order valence-electron chi connectivity index (χ1n) is 13.2. The summed E-state index contributed by atoms with van der Waals surface area (Å²) in [5.41, 5.74) is 1.81. The van der Waals surface area contributed by atoms with Crippen molar-refractivity contribution >= 4 is 50.3 Å². The normalized spacial score (nSPS) is 19.7. The van der Waals surface area contributed by atoms with Gasteiger partial charge in [-0.25, -0.2) is 0 Å². The molecule has 0 radical (unpaired) electrons. The number of nitrogens with zero attached hydrogens (tertiary/aromatic N) is 2. The van der Waals surface area contributed by atoms with Crippen LogP contribution in [0.5, 0.6) is 5.75 Å². The minimum Gasteiger partial charge on any atom is -0.507 e. The highest BCUT2D eigenvalue weighted by Gasteiger charge is 2.41. The second kappa shape index (κ2) is 8.80. The van der Waals surface area contributed by atoms with Crippen molar-refractivity contribution in [1.29, 1.82) is 0 Å². The van der Waals surface area contributed by atoms with Crippen LogP contribution in [0.4, 0.5) is 0 Å². The average Bonchev–Trinajstić information content (AvgIpc) is 2.96. The Morgan fingerprint density at radius 1 is 0.711 bits per heavy atom. The number of rotatable bonds is 3. The molecular weight excluding hydrogens is 472 g/mol. The summed E-state index contributed by atoms with van der Waals surface area (Å²) in [6, 6.07) is 26.5. The maximum Gasteiger partial charge on any atom is 0.261 e. The van der Waals surface area contributed by atoms with Crippen molar-refractivity contribution < 1.29 is 14.7 Å². The largest absolute Gasteiger partial charge is 0.507 e. The van der Waals surface area contributed by atoms with Crippen molar-refractivity contribution in [2.24, 2.45) is 4.99 Å². The lowest BCUT2D eigenvalue weighted by Gasteiger charge is -2.39. The second-order valence-electron chi connectivity index (χ2n) is 10.2. The number of aliphatic imine (C=N–C) groups is 1. The smallest absolute Gasteiger partial charge is 0.261 e. The fraction of sp³-hybridized carbons (Fsp3) is 0.182. The van der Waals surface area contributed by atoms with E-state index in [1.54, 1.807) is 6.21 Å². The minimum absolute atomic E-state index is 0.195. The molecule has 38 heavy (non-hydrogen) atoms. The third-order valence-electron chi connectivity index (χ3n) is 8.17. The van der Waals surface area contributed by atoms with Crippen LogP contribution in [0.3, 0.4) is 0 Å². The Balaban J connectivity index is 1.31. The van der Waals surface area contributed by atoms with Gasteiger partial charge >= 0.3 is 0 Å². The molecule has 5 aromatic carbocycles. The lowest BCUT2D eigenvalue weighted by Crippen LogP contribution is -2.52. The summed E-state index contributed by atoms with van der Waals surface area (Å²) in [4.78, 5) is 33.9. The van der Waals surface area contributed by atoms with E-state index < -0.39 is 0 Å². The molecule has 0 unspecified atom stereocenters. The summed E-state index contributed by atoms with van der Waals surface area (Å²) in [7, 11) is 0. The molecule has 5 aromatic rings. The first-order chi connectivity index (χ1) is 18.6. The van der Waals surface area contributed by atoms with Crippen LogP contribution in [0.25, 0.3) is 32.3 Å². The maximum absolute atomic E-state index is 13.7. The van der Waals surface area contributed by atoms with Crippen LogP contribution in [-0.4, -0.2) is 40.1 Å². The number of fused-ring (bicyclic) bond motifs is 3. The highest BCUT2D eigenvalue weighted by Crippen LogP contribution is 2.38. The molecular formula is C33H26N2O3. The number of phenolic OH excluding ortho intramolecular Hbond substituents is 1. The van der Waals surface area contributed by atoms with Crippen molar-refractivity contribution in [3.05, 3.63) is 102 Å². The monoisotopic (exact) mass is 498 g/mol. The lowest BCUT2D eigenvalue weighted by molar-refractivity contribution is 0.0481. The SMILES string of the molecule is O=C1c2cccc3cccc(c23)C(=O)N1[C@@H]1CCCC[C@H]1N=Cc1c(O)c2ccccc2c2ccccc12. The zero-order valence-corrected chi connectivity index (χ0v) is 20.8. The van der Waals surface area contributed by atoms with Gasteiger partial charge in [-0.15, -0.1) is 0 Å². The average molecular weight is 499 g/mol. The zero-order chi connectivity index (χ0) is 25.8. The van der Waals surface area contributed by atoms with E-state index in [1.165, 1.54) is 4.90 Å². The molecule has 0 bridgehead atoms. The fourth-order valence-electron chi connectivity index (χ4n) is 6.37. The van der Waals surface area contributed by atoms with Gasteiger partial charge in [0.1, 0.15) is 5.75 Å². The third kappa shape index (κ3) is 3.35. The summed E-state index contributed by atoms with van der Waals surface area (Å²) < 4.78 is 0. The molecule has 7 rings (SSSR count). The van der Waals surface area contributed by atoms with Gasteiger partial charge in [0.15, 0.2) is 0 Å². The molecule has 1 aliphatic heterocycles. The number of amides is 2. The summed E-state index contributed by atoms with van der Waals surface area (Å²) in [5.74, 6) is -0.294. The number of hydrogen-bond acceptors (Lipinski definition) is 4. The van der Waals surface area contributed by atoms with E-state index in [9.17, 15) is 14.7 Å². The molecule has 5 nitrogen and oxygen atoms in total. The summed E-state index contributed by atoms with van der Waals surface area (Å²) in [5, 5.41) is 16.6. The first-order valence-corrected chi connectivity index (χ1v) is 13.2. The first kappa shape index (κ1) is 22.7. The van der Waals surface area contributed by atoms with Crippen LogP contribution in [0.15, 0.2) is 89.9 Å². The second-order valence-corrected chi connectivity index (χ2v) is 10.2. The number of imide groups is 1. The van der Waals surface area contributed by atoms with Crippen LogP contribution < -0.4 is 0 Å². The van der Waals surface area contributed by atoms with Gasteiger partial charge < -0.3 is 5.11 Å². The van der Waals surface area contributed by atoms with E-state index in [0.29, 0.717) is 23.1 Å². The predicted octanol–water partition coefficient (Wildman–Crippen LogP) is 6.88. The minimum atomic E-state index is -0.336. The number of hydrogen-bond donors (Lipinski definition) is 1. The van der Waals surface area contributed by atoms with Crippen LogP contribution in [0.2, 0.25) is 0 Å². The lowest BCUT2D eigenvalue weighted by atomic mass is 9.86. The van der Waals surface area contributed by atoms with E-state index in [-0.39, 0.29) is 29.6 Å². The summed E-state index contributed by atoms with van der Waals surface area (Å²) >= 11 is 0. The van der Waals surface area contributed by atoms with Crippen LogP contribution in [-0.2, 0) is 0 Å². The molecule has 1 saturated carbocycles. The molecule has 2 aliphatic rings. The van der Waals surface area contributed by atoms with E-state index >= 15 is 0 Å². The Hall–Kier alpha value is -4.51. The van der Waals surface area contributed by atoms with Gasteiger partial charge in [0.05, 0.1) is 12.1 Å². The highest BCUT2D eigenvalue weighted by atomic mass is 16.3. The zero-order valence-electron chi connectivity index (χ0n) is 20.8. The van der Waals surface area contributed by atoms with Gasteiger partial charge in [0.2, 0.25) is 0 Å². The fourth-order valence-corrected chi connectivity index (χ4v) is 6.37. The van der Waals surface area contributed by atoms with Crippen molar-refractivity contribution in [3.63, 3.8) is 0 Å². The maximum atomic E-state index is 13.7. The third-order valence-corrected chi connectivity index (χ3v) is 8.17. The predicted molar refractivity (Wildman–Crippen MR) is 151 cm³/mol. The van der Waals surface area contributed by atoms with Crippen molar-refractivity contribution in [2.75, 3.05) is 0 Å². The molecule has 2 atom stereocenters. The van der Waals surface area contributed by atoms with Gasteiger partial charge in [-0.3, -0.25) is 19.5 Å². The topological polar surface area (TPSA) is 70.0 Å². The molecule has 1 N–H and O–H groups in total. The summed E-state index contributed by atoms with van der Waals surface area (Å²) in [6.07, 6.45) is 5.15. The molecule has 1 aliphatic carbocycles. The van der Waals surface area contributed by atoms with Gasteiger partial charge in [0.25, 0.3) is 11.8 Å². The van der Waals surface area contributed by atoms with Gasteiger partial charge in [-0.05, 0) is 46.5 Å². The molecule has 186 valence electrons. The molecule has 0 saturated heterocycles. The highest BCUT2D eigenvalue weighted by molar-refractivity contribution is 6.25. The molecule has 0 spiro atoms. The number of benzene rings is 5.